The molecule has 0 spiro atoms. The number of ether oxygens (including phenoxy) is 1. The molecule has 0 saturated carbocycles. The lowest BCUT2D eigenvalue weighted by Gasteiger charge is -2.14. The lowest BCUT2D eigenvalue weighted by molar-refractivity contribution is 0.0492. The van der Waals surface area contributed by atoms with Gasteiger partial charge in [0.05, 0.1) is 95.9 Å². The molecular formula is C90H112BrCl2N27O4. The van der Waals surface area contributed by atoms with Gasteiger partial charge in [-0.3, -0.25) is 19.6 Å². The molecule has 0 saturated heterocycles. The van der Waals surface area contributed by atoms with Crippen LogP contribution >= 0.6 is 39.1 Å². The van der Waals surface area contributed by atoms with Gasteiger partial charge in [-0.25, -0.2) is 64.0 Å². The van der Waals surface area contributed by atoms with Gasteiger partial charge in [0, 0.05) is 99.2 Å². The highest BCUT2D eigenvalue weighted by Crippen LogP contribution is 2.30. The number of hydrogen-bond donors (Lipinski definition) is 3. The lowest BCUT2D eigenvalue weighted by atomic mass is 9.93. The minimum Gasteiger partial charge on any atom is -0.461 e. The maximum absolute atomic E-state index is 13.0. The van der Waals surface area contributed by atoms with Crippen LogP contribution in [0.2, 0.25) is 10.3 Å². The molecule has 14 aromatic rings. The number of tetrazole rings is 2. The van der Waals surface area contributed by atoms with E-state index in [1.54, 1.807) is 126 Å². The summed E-state index contributed by atoms with van der Waals surface area (Å²) in [7, 11) is 0. The van der Waals surface area contributed by atoms with Gasteiger partial charge in [0.1, 0.15) is 50.4 Å². The first-order valence-corrected chi connectivity index (χ1v) is 42.1. The van der Waals surface area contributed by atoms with Crippen LogP contribution in [0, 0.1) is 34.6 Å². The van der Waals surface area contributed by atoms with Gasteiger partial charge in [-0.1, -0.05) is 168 Å². The van der Waals surface area contributed by atoms with E-state index in [1.807, 2.05) is 124 Å². The Hall–Kier alpha value is -12.3. The molecule has 0 aliphatic rings. The molecule has 0 unspecified atom stereocenters. The normalized spacial score (nSPS) is 11.6. The topological polar surface area (TPSA) is 362 Å². The van der Waals surface area contributed by atoms with E-state index >= 15 is 0 Å². The van der Waals surface area contributed by atoms with Crippen LogP contribution in [0.3, 0.4) is 0 Å². The van der Waals surface area contributed by atoms with Gasteiger partial charge in [-0.15, -0.1) is 10.2 Å². The second-order valence-electron chi connectivity index (χ2n) is 35.3. The lowest BCUT2D eigenvalue weighted by Crippen LogP contribution is -2.16. The third kappa shape index (κ3) is 26.1. The number of halogens is 3. The largest absolute Gasteiger partial charge is 0.461 e. The zero-order valence-corrected chi connectivity index (χ0v) is 78.4. The number of H-pyrrole nitrogens is 1. The van der Waals surface area contributed by atoms with Crippen molar-refractivity contribution in [1.29, 1.82) is 0 Å². The Morgan fingerprint density at radius 1 is 0.460 bits per heavy atom. The van der Waals surface area contributed by atoms with E-state index in [0.717, 1.165) is 90.7 Å². The zero-order chi connectivity index (χ0) is 90.9. The highest BCUT2D eigenvalue weighted by molar-refractivity contribution is 9.10. The van der Waals surface area contributed by atoms with Gasteiger partial charge in [0.2, 0.25) is 11.6 Å². The Labute approximate surface area is 743 Å². The van der Waals surface area contributed by atoms with Crippen molar-refractivity contribution in [3.8, 4) is 45.8 Å². The summed E-state index contributed by atoms with van der Waals surface area (Å²) < 4.78 is 17.3. The predicted octanol–water partition coefficient (Wildman–Crippen LogP) is 19.4. The number of carbonyl (C=O) groups is 3. The van der Waals surface area contributed by atoms with Crippen LogP contribution < -0.4 is 10.6 Å². The van der Waals surface area contributed by atoms with Crippen molar-refractivity contribution in [2.75, 3.05) is 17.2 Å². The number of aryl methyl sites for hydroxylation is 5. The van der Waals surface area contributed by atoms with Crippen LogP contribution in [0.1, 0.15) is 251 Å². The van der Waals surface area contributed by atoms with Gasteiger partial charge >= 0.3 is 5.97 Å². The molecular weight excluding hydrogens is 1670 g/mol. The highest BCUT2D eigenvalue weighted by atomic mass is 79.9. The predicted molar refractivity (Wildman–Crippen MR) is 487 cm³/mol. The fourth-order valence-electron chi connectivity index (χ4n) is 11.4. The standard InChI is InChI=1S/2C23H27N9O.C18H25N3O2.C13H16ClN3.C7H12N2.C6H5BrClN/c2*1-14(2)32-21(28-29-30-32)16-8-7-9-20(26-16)27-22(33)17-10-18(15(3)11-24-17)31-12-19(25-13-31)23(4,5)6;1-6-7-8-23-17(22)14-9-15(13(2)10-19-14)21-11-16(20-12-21)18(3,4)5;1-9-6-15-12(14)5-10(9)17-7-11(16-8-17)13(2,3)4;1-7(2,3)6-4-8-5-9-6;1-4-3-9-6(8)2-5(4)7/h2*7-14H,1-6H3,(H,26,27,33);9-12H,6-8H2,1-5H3;5-8H,1-4H3;4-5H,1-3H3,(H,8,9);2-3H,1H3. The summed E-state index contributed by atoms with van der Waals surface area (Å²) in [6.45, 7) is 52.2. The van der Waals surface area contributed by atoms with Crippen molar-refractivity contribution in [1.82, 2.24) is 123 Å². The quantitative estimate of drug-likeness (QED) is 0.0459. The number of rotatable bonds is 16. The average molecular weight is 1790 g/mol. The molecule has 0 atom stereocenters. The first kappa shape index (κ1) is 95.5. The van der Waals surface area contributed by atoms with Crippen LogP contribution in [-0.2, 0) is 31.8 Å². The van der Waals surface area contributed by atoms with E-state index in [4.69, 9.17) is 27.9 Å². The van der Waals surface area contributed by atoms with Gasteiger partial charge < -0.3 is 38.6 Å². The number of aromatic nitrogens is 25. The van der Waals surface area contributed by atoms with E-state index in [9.17, 15) is 14.4 Å². The summed E-state index contributed by atoms with van der Waals surface area (Å²) in [5, 5.41) is 30.3. The second-order valence-corrected chi connectivity index (χ2v) is 36.9. The number of esters is 1. The number of aromatic amines is 1. The number of unbranched alkanes of at least 4 members (excludes halogenated alkanes) is 1. The van der Waals surface area contributed by atoms with Crippen LogP contribution in [0.15, 0.2) is 165 Å². The average Bonchev–Trinajstić information content (AvgIpc) is 1.64. The summed E-state index contributed by atoms with van der Waals surface area (Å²) in [4.78, 5) is 92.7. The van der Waals surface area contributed by atoms with Crippen molar-refractivity contribution >= 4 is 68.6 Å². The molecule has 0 aromatic carbocycles. The van der Waals surface area contributed by atoms with Crippen LogP contribution in [0.25, 0.3) is 45.8 Å². The monoisotopic (exact) mass is 1780 g/mol. The zero-order valence-electron chi connectivity index (χ0n) is 75.3. The Kier molecular flexibility index (Phi) is 31.8. The van der Waals surface area contributed by atoms with E-state index in [-0.39, 0.29) is 68.3 Å². The minimum absolute atomic E-state index is 0.0197. The van der Waals surface area contributed by atoms with E-state index in [0.29, 0.717) is 57.3 Å². The smallest absolute Gasteiger partial charge is 0.356 e. The van der Waals surface area contributed by atoms with Gasteiger partial charge in [0.25, 0.3) is 11.8 Å². The molecule has 0 aliphatic carbocycles. The number of pyridine rings is 7. The van der Waals surface area contributed by atoms with Crippen LogP contribution in [-0.4, -0.2) is 148 Å². The summed E-state index contributed by atoms with van der Waals surface area (Å²) in [5.41, 5.74) is 15.9. The molecule has 0 aliphatic heterocycles. The number of nitrogens with zero attached hydrogens (tertiary/aromatic N) is 24. The Balaban J connectivity index is 0.000000179. The van der Waals surface area contributed by atoms with E-state index in [1.165, 1.54) is 5.69 Å². The fraction of sp³-hybridized carbons (Fsp3) is 0.389. The molecule has 3 N–H and O–H groups in total. The highest BCUT2D eigenvalue weighted by Gasteiger charge is 2.25. The third-order valence-electron chi connectivity index (χ3n) is 18.9. The molecule has 14 rings (SSSR count). The van der Waals surface area contributed by atoms with Gasteiger partial charge in [0.15, 0.2) is 0 Å². The molecule has 652 valence electrons. The van der Waals surface area contributed by atoms with E-state index in [2.05, 4.69) is 233 Å². The van der Waals surface area contributed by atoms with Crippen LogP contribution in [0.4, 0.5) is 11.6 Å². The van der Waals surface area contributed by atoms with Gasteiger partial charge in [-0.2, -0.15) is 0 Å². The third-order valence-corrected chi connectivity index (χ3v) is 20.2. The van der Waals surface area contributed by atoms with Gasteiger partial charge in [-0.05, 0) is 172 Å². The summed E-state index contributed by atoms with van der Waals surface area (Å²) in [6.07, 6.45) is 29.1. The molecule has 0 bridgehead atoms. The number of anilines is 2. The number of imidazole rings is 5. The second kappa shape index (κ2) is 41.3. The fourth-order valence-corrected chi connectivity index (χ4v) is 12.2. The maximum Gasteiger partial charge on any atom is 0.356 e. The Morgan fingerprint density at radius 3 is 1.14 bits per heavy atom. The first-order valence-electron chi connectivity index (χ1n) is 40.6. The molecule has 14 aromatic heterocycles. The van der Waals surface area contributed by atoms with Crippen molar-refractivity contribution in [2.24, 2.45) is 0 Å². The number of amides is 2. The molecule has 0 radical (unpaired) electrons. The van der Waals surface area contributed by atoms with Crippen molar-refractivity contribution < 1.29 is 19.1 Å². The maximum atomic E-state index is 13.0. The summed E-state index contributed by atoms with van der Waals surface area (Å²) in [6, 6.07) is 19.7. The van der Waals surface area contributed by atoms with Crippen molar-refractivity contribution in [2.45, 2.75) is 225 Å². The van der Waals surface area contributed by atoms with Crippen molar-refractivity contribution in [3.63, 3.8) is 0 Å². The Morgan fingerprint density at radius 2 is 0.815 bits per heavy atom. The first-order chi connectivity index (χ1) is 58.3. The summed E-state index contributed by atoms with van der Waals surface area (Å²) >= 11 is 14.8. The SMILES string of the molecule is CC(C)(C)c1cnc[nH]1.CCCCOC(=O)c1cc(-n2cnc(C(C)(C)C)c2)c(C)cn1.Cc1cnc(C(=O)Nc2cccc(-c3nnnn3C(C)C)n2)cc1-n1cnc(C(C)(C)C)c1.Cc1cnc(C(=O)Nc2cccc(-c3nnnn3C(C)C)n2)cc1-n1cnc(C(C)(C)C)c1.Cc1cnc(Cl)cc1-n1cnc(C(C)(C)C)c1.Cc1cnc(Cl)cc1Br. The minimum atomic E-state index is -0.379. The number of nitrogens with one attached hydrogen (secondary N) is 3. The van der Waals surface area contributed by atoms with E-state index < -0.39 is 0 Å². The Bertz CT molecular complexity index is 5720. The molecule has 124 heavy (non-hydrogen) atoms. The molecule has 34 heteroatoms. The molecule has 0 fully saturated rings. The van der Waals surface area contributed by atoms with Crippen LogP contribution in [0.5, 0.6) is 0 Å². The van der Waals surface area contributed by atoms with Crippen molar-refractivity contribution in [3.05, 3.63) is 248 Å². The molecule has 2 amide bonds. The molecule has 14 heterocycles. The number of carbonyl (C=O) groups excluding carboxylic acids is 3. The number of hydrogen-bond acceptors (Lipinski definition) is 22. The molecule has 31 nitrogen and oxygen atoms in total. The summed E-state index contributed by atoms with van der Waals surface area (Å²) in [5.74, 6) is 0.741.